The van der Waals surface area contributed by atoms with Crippen molar-refractivity contribution in [3.05, 3.63) is 29.3 Å². The molecule has 0 radical (unpaired) electrons. The van der Waals surface area contributed by atoms with E-state index in [9.17, 15) is 13.5 Å². The average Bonchev–Trinajstić information content (AvgIpc) is 2.74. The fourth-order valence-corrected chi connectivity index (χ4v) is 3.56. The zero-order chi connectivity index (χ0) is 13.4. The lowest BCUT2D eigenvalue weighted by molar-refractivity contribution is -0.000733. The van der Waals surface area contributed by atoms with Crippen LogP contribution in [0.2, 0.25) is 5.02 Å². The first-order chi connectivity index (χ1) is 8.37. The fraction of sp³-hybridized carbons (Fsp3) is 0.455. The van der Waals surface area contributed by atoms with E-state index in [1.165, 1.54) is 28.6 Å². The van der Waals surface area contributed by atoms with Crippen LogP contribution < -0.4 is 0 Å². The van der Waals surface area contributed by atoms with E-state index in [-0.39, 0.29) is 24.4 Å². The average molecular weight is 292 g/mol. The van der Waals surface area contributed by atoms with Crippen LogP contribution in [0, 0.1) is 0 Å². The molecule has 2 rings (SSSR count). The van der Waals surface area contributed by atoms with Gasteiger partial charge in [-0.05, 0) is 30.7 Å². The zero-order valence-electron chi connectivity index (χ0n) is 9.58. The van der Waals surface area contributed by atoms with Crippen molar-refractivity contribution in [2.75, 3.05) is 19.7 Å². The number of benzene rings is 1. The van der Waals surface area contributed by atoms with Gasteiger partial charge in [0.25, 0.3) is 0 Å². The number of nitrogens with zero attached hydrogens (tertiary/aromatic N) is 1. The number of hydrogen-bond acceptors (Lipinski definition) is 4. The molecule has 7 heteroatoms. The molecule has 1 aromatic rings. The van der Waals surface area contributed by atoms with E-state index >= 15 is 0 Å². The minimum atomic E-state index is -3.63. The summed E-state index contributed by atoms with van der Waals surface area (Å²) in [5, 5.41) is 19.3. The number of β-amino-alcohol motifs (C(OH)–C–C–N with tert-alkyl or cyclic N) is 1. The SMILES string of the molecule is O=S(=O)(c1ccc(Cl)cc1)N1CCC(O)(CO)C1. The third kappa shape index (κ3) is 2.53. The lowest BCUT2D eigenvalue weighted by Gasteiger charge is -2.20. The predicted octanol–water partition coefficient (Wildman–Crippen LogP) is 0.458. The monoisotopic (exact) mass is 291 g/mol. The summed E-state index contributed by atoms with van der Waals surface area (Å²) in [6.45, 7) is -0.337. The van der Waals surface area contributed by atoms with Crippen LogP contribution >= 0.6 is 11.6 Å². The highest BCUT2D eigenvalue weighted by Gasteiger charge is 2.41. The van der Waals surface area contributed by atoms with Crippen LogP contribution in [0.1, 0.15) is 6.42 Å². The zero-order valence-corrected chi connectivity index (χ0v) is 11.2. The normalized spacial score (nSPS) is 25.5. The molecule has 0 spiro atoms. The Hall–Kier alpha value is -0.660. The van der Waals surface area contributed by atoms with Crippen molar-refractivity contribution < 1.29 is 18.6 Å². The minimum absolute atomic E-state index is 0.0888. The molecule has 0 aromatic heterocycles. The van der Waals surface area contributed by atoms with E-state index in [1.807, 2.05) is 0 Å². The van der Waals surface area contributed by atoms with Gasteiger partial charge in [-0.2, -0.15) is 4.31 Å². The third-order valence-electron chi connectivity index (χ3n) is 3.04. The Labute approximate surface area is 111 Å². The summed E-state index contributed by atoms with van der Waals surface area (Å²) in [6.07, 6.45) is 0.232. The van der Waals surface area contributed by atoms with Crippen LogP contribution in [0.3, 0.4) is 0 Å². The summed E-state index contributed by atoms with van der Waals surface area (Å²) in [5.41, 5.74) is -1.33. The van der Waals surface area contributed by atoms with Gasteiger partial charge >= 0.3 is 0 Å². The van der Waals surface area contributed by atoms with Crippen molar-refractivity contribution in [1.29, 1.82) is 0 Å². The van der Waals surface area contributed by atoms with Crippen LogP contribution in [0.25, 0.3) is 0 Å². The van der Waals surface area contributed by atoms with Crippen LogP contribution in [0.5, 0.6) is 0 Å². The van der Waals surface area contributed by atoms with Gasteiger partial charge in [0.2, 0.25) is 10.0 Å². The second-order valence-corrected chi connectivity index (χ2v) is 6.80. The first-order valence-electron chi connectivity index (χ1n) is 5.46. The standard InChI is InChI=1S/C11H14ClNO4S/c12-9-1-3-10(4-2-9)18(16,17)13-6-5-11(15,7-13)8-14/h1-4,14-15H,5-8H2. The molecule has 18 heavy (non-hydrogen) atoms. The van der Waals surface area contributed by atoms with Crippen molar-refractivity contribution in [1.82, 2.24) is 4.31 Å². The third-order valence-corrected chi connectivity index (χ3v) is 5.15. The fourth-order valence-electron chi connectivity index (χ4n) is 1.91. The van der Waals surface area contributed by atoms with Gasteiger partial charge in [-0.3, -0.25) is 0 Å². The van der Waals surface area contributed by atoms with Crippen molar-refractivity contribution in [3.63, 3.8) is 0 Å². The Kier molecular flexibility index (Phi) is 3.66. The molecule has 5 nitrogen and oxygen atoms in total. The van der Waals surface area contributed by atoms with E-state index < -0.39 is 22.2 Å². The van der Waals surface area contributed by atoms with Gasteiger partial charge < -0.3 is 10.2 Å². The summed E-state index contributed by atoms with van der Waals surface area (Å²) in [4.78, 5) is 0.133. The Bertz CT molecular complexity index is 530. The maximum Gasteiger partial charge on any atom is 0.243 e. The van der Waals surface area contributed by atoms with Crippen LogP contribution in [0.15, 0.2) is 29.2 Å². The first kappa shape index (κ1) is 13.8. The second kappa shape index (κ2) is 4.79. The molecule has 1 aliphatic rings. The quantitative estimate of drug-likeness (QED) is 0.848. The highest BCUT2D eigenvalue weighted by atomic mass is 35.5. The molecule has 1 fully saturated rings. The van der Waals surface area contributed by atoms with Crippen LogP contribution in [-0.4, -0.2) is 48.2 Å². The molecule has 0 aliphatic carbocycles. The van der Waals surface area contributed by atoms with Crippen molar-refractivity contribution in [3.8, 4) is 0 Å². The van der Waals surface area contributed by atoms with E-state index in [4.69, 9.17) is 16.7 Å². The molecule has 0 amide bonds. The lowest BCUT2D eigenvalue weighted by Crippen LogP contribution is -2.38. The van der Waals surface area contributed by atoms with E-state index in [2.05, 4.69) is 0 Å². The van der Waals surface area contributed by atoms with Gasteiger partial charge in [-0.25, -0.2) is 8.42 Å². The molecule has 0 saturated carbocycles. The molecule has 1 unspecified atom stereocenters. The van der Waals surface area contributed by atoms with Crippen LogP contribution in [0.4, 0.5) is 0 Å². The summed E-state index contributed by atoms with van der Waals surface area (Å²) < 4.78 is 25.7. The van der Waals surface area contributed by atoms with Gasteiger partial charge in [0.05, 0.1) is 11.5 Å². The summed E-state index contributed by atoms with van der Waals surface area (Å²) in [7, 11) is -3.63. The lowest BCUT2D eigenvalue weighted by atomic mass is 10.1. The number of sulfonamides is 1. The van der Waals surface area contributed by atoms with Gasteiger partial charge in [-0.1, -0.05) is 11.6 Å². The molecule has 1 aromatic carbocycles. The minimum Gasteiger partial charge on any atom is -0.393 e. The Morgan fingerprint density at radius 2 is 1.94 bits per heavy atom. The molecule has 1 aliphatic heterocycles. The molecule has 1 heterocycles. The molecular formula is C11H14ClNO4S. The van der Waals surface area contributed by atoms with Gasteiger partial charge in [0.15, 0.2) is 0 Å². The summed E-state index contributed by atoms with van der Waals surface area (Å²) in [6, 6.07) is 5.85. The smallest absolute Gasteiger partial charge is 0.243 e. The maximum atomic E-state index is 12.2. The molecule has 0 bridgehead atoms. The molecule has 2 N–H and O–H groups in total. The molecule has 1 saturated heterocycles. The highest BCUT2D eigenvalue weighted by molar-refractivity contribution is 7.89. The molecular weight excluding hydrogens is 278 g/mol. The molecule has 100 valence electrons. The van der Waals surface area contributed by atoms with Gasteiger partial charge in [-0.15, -0.1) is 0 Å². The summed E-state index contributed by atoms with van der Waals surface area (Å²) >= 11 is 5.71. The van der Waals surface area contributed by atoms with Gasteiger partial charge in [0, 0.05) is 18.1 Å². The van der Waals surface area contributed by atoms with E-state index in [1.54, 1.807) is 0 Å². The first-order valence-corrected chi connectivity index (χ1v) is 7.28. The molecule has 1 atom stereocenters. The van der Waals surface area contributed by atoms with Crippen molar-refractivity contribution in [2.45, 2.75) is 16.9 Å². The number of halogens is 1. The maximum absolute atomic E-state index is 12.2. The van der Waals surface area contributed by atoms with Gasteiger partial charge in [0.1, 0.15) is 5.60 Å². The largest absolute Gasteiger partial charge is 0.393 e. The van der Waals surface area contributed by atoms with Crippen molar-refractivity contribution >= 4 is 21.6 Å². The topological polar surface area (TPSA) is 77.8 Å². The predicted molar refractivity (Wildman–Crippen MR) is 66.9 cm³/mol. The van der Waals surface area contributed by atoms with Crippen LogP contribution in [-0.2, 0) is 10.0 Å². The van der Waals surface area contributed by atoms with E-state index in [0.29, 0.717) is 5.02 Å². The van der Waals surface area contributed by atoms with E-state index in [0.717, 1.165) is 0 Å². The number of rotatable bonds is 3. The Morgan fingerprint density at radius 1 is 1.33 bits per heavy atom. The number of hydrogen-bond donors (Lipinski definition) is 2. The number of aliphatic hydroxyl groups excluding tert-OH is 1. The summed E-state index contributed by atoms with van der Waals surface area (Å²) in [5.74, 6) is 0. The highest BCUT2D eigenvalue weighted by Crippen LogP contribution is 2.27. The Balaban J connectivity index is 2.25. The number of aliphatic hydroxyl groups is 2. The Morgan fingerprint density at radius 3 is 2.44 bits per heavy atom. The van der Waals surface area contributed by atoms with Crippen molar-refractivity contribution in [2.24, 2.45) is 0 Å². The second-order valence-electron chi connectivity index (χ2n) is 4.42.